The summed E-state index contributed by atoms with van der Waals surface area (Å²) in [5.41, 5.74) is 3.40. The molecule has 1 aliphatic rings. The third kappa shape index (κ3) is 6.33. The van der Waals surface area contributed by atoms with Crippen LogP contribution in [0.4, 0.5) is 11.4 Å². The number of benzene rings is 2. The number of nitrogens with one attached hydrogen (secondary N) is 1. The minimum atomic E-state index is -3.50. The summed E-state index contributed by atoms with van der Waals surface area (Å²) in [4.78, 5) is 27.2. The highest BCUT2D eigenvalue weighted by atomic mass is 32.2. The average Bonchev–Trinajstić information content (AvgIpc) is 2.79. The molecule has 0 saturated carbocycles. The maximum absolute atomic E-state index is 12.9. The standard InChI is InChI=1S/C24H31N3O5S/c1-18-8-6-11-22(19(18)2)27(33(3,30)31)13-7-12-23(28)25-21-10-5-4-9-20(21)24(29)26-14-16-32-17-15-26/h4-6,8-11H,7,12-17H2,1-3H3,(H,25,28). The van der Waals surface area contributed by atoms with Crippen LogP contribution in [-0.4, -0.2) is 64.2 Å². The molecule has 9 heteroatoms. The molecule has 2 amide bonds. The van der Waals surface area contributed by atoms with Crippen molar-refractivity contribution < 1.29 is 22.7 Å². The number of sulfonamides is 1. The Morgan fingerprint density at radius 2 is 1.76 bits per heavy atom. The molecule has 1 fully saturated rings. The summed E-state index contributed by atoms with van der Waals surface area (Å²) in [5.74, 6) is -0.418. The first-order chi connectivity index (χ1) is 15.7. The van der Waals surface area contributed by atoms with Crippen LogP contribution in [0.25, 0.3) is 0 Å². The van der Waals surface area contributed by atoms with Crippen molar-refractivity contribution in [1.82, 2.24) is 4.90 Å². The van der Waals surface area contributed by atoms with Gasteiger partial charge in [-0.15, -0.1) is 0 Å². The van der Waals surface area contributed by atoms with Crippen LogP contribution in [-0.2, 0) is 19.6 Å². The molecule has 0 radical (unpaired) electrons. The topological polar surface area (TPSA) is 96.0 Å². The van der Waals surface area contributed by atoms with Crippen molar-refractivity contribution in [1.29, 1.82) is 0 Å². The van der Waals surface area contributed by atoms with Gasteiger partial charge in [0.05, 0.1) is 36.4 Å². The van der Waals surface area contributed by atoms with Crippen molar-refractivity contribution in [3.8, 4) is 0 Å². The van der Waals surface area contributed by atoms with Gasteiger partial charge >= 0.3 is 0 Å². The molecule has 0 aromatic heterocycles. The molecule has 1 N–H and O–H groups in total. The van der Waals surface area contributed by atoms with Gasteiger partial charge in [0.2, 0.25) is 15.9 Å². The van der Waals surface area contributed by atoms with E-state index in [1.165, 1.54) is 10.6 Å². The van der Waals surface area contributed by atoms with Crippen LogP contribution in [0.2, 0.25) is 0 Å². The summed E-state index contributed by atoms with van der Waals surface area (Å²) < 4.78 is 31.5. The molecule has 33 heavy (non-hydrogen) atoms. The van der Waals surface area contributed by atoms with Crippen molar-refractivity contribution >= 4 is 33.2 Å². The van der Waals surface area contributed by atoms with Crippen LogP contribution < -0.4 is 9.62 Å². The Morgan fingerprint density at radius 3 is 2.45 bits per heavy atom. The van der Waals surface area contributed by atoms with Gasteiger partial charge < -0.3 is 15.0 Å². The average molecular weight is 474 g/mol. The summed E-state index contributed by atoms with van der Waals surface area (Å²) >= 11 is 0. The Bertz CT molecular complexity index is 1110. The molecule has 0 aliphatic carbocycles. The van der Waals surface area contributed by atoms with E-state index in [2.05, 4.69) is 5.32 Å². The number of rotatable bonds is 8. The number of amides is 2. The van der Waals surface area contributed by atoms with Crippen LogP contribution in [0.3, 0.4) is 0 Å². The molecular formula is C24H31N3O5S. The van der Waals surface area contributed by atoms with Gasteiger partial charge in [0.25, 0.3) is 5.91 Å². The van der Waals surface area contributed by atoms with Gasteiger partial charge in [-0.3, -0.25) is 13.9 Å². The lowest BCUT2D eigenvalue weighted by Crippen LogP contribution is -2.41. The fourth-order valence-corrected chi connectivity index (χ4v) is 4.80. The zero-order valence-corrected chi connectivity index (χ0v) is 20.2. The second kappa shape index (κ2) is 10.8. The second-order valence-corrected chi connectivity index (χ2v) is 10.1. The Hall–Kier alpha value is -2.91. The molecule has 1 heterocycles. The van der Waals surface area contributed by atoms with Crippen LogP contribution in [0.5, 0.6) is 0 Å². The smallest absolute Gasteiger partial charge is 0.256 e. The number of hydrogen-bond donors (Lipinski definition) is 1. The monoisotopic (exact) mass is 473 g/mol. The zero-order chi connectivity index (χ0) is 24.0. The van der Waals surface area contributed by atoms with Gasteiger partial charge in [0.1, 0.15) is 0 Å². The fraction of sp³-hybridized carbons (Fsp3) is 0.417. The molecule has 0 spiro atoms. The number of ether oxygens (including phenoxy) is 1. The van der Waals surface area contributed by atoms with Gasteiger partial charge in [-0.05, 0) is 49.6 Å². The van der Waals surface area contributed by atoms with Gasteiger partial charge in [-0.2, -0.15) is 0 Å². The van der Waals surface area contributed by atoms with E-state index in [0.717, 1.165) is 11.1 Å². The minimum Gasteiger partial charge on any atom is -0.378 e. The third-order valence-electron chi connectivity index (χ3n) is 5.74. The number of morpholine rings is 1. The van der Waals surface area contributed by atoms with Gasteiger partial charge in [-0.25, -0.2) is 8.42 Å². The predicted molar refractivity (Wildman–Crippen MR) is 129 cm³/mol. The molecule has 0 bridgehead atoms. The highest BCUT2D eigenvalue weighted by Gasteiger charge is 2.22. The normalized spacial score (nSPS) is 14.1. The molecule has 8 nitrogen and oxygen atoms in total. The Balaban J connectivity index is 1.64. The van der Waals surface area contributed by atoms with E-state index in [9.17, 15) is 18.0 Å². The predicted octanol–water partition coefficient (Wildman–Crippen LogP) is 2.96. The lowest BCUT2D eigenvalue weighted by Gasteiger charge is -2.27. The van der Waals surface area contributed by atoms with E-state index in [1.54, 1.807) is 35.2 Å². The number of para-hydroxylation sites is 1. The first-order valence-electron chi connectivity index (χ1n) is 11.0. The number of carbonyl (C=O) groups is 2. The second-order valence-electron chi connectivity index (χ2n) is 8.16. The lowest BCUT2D eigenvalue weighted by atomic mass is 10.1. The Labute approximate surface area is 195 Å². The summed E-state index contributed by atoms with van der Waals surface area (Å²) in [5, 5.41) is 2.82. The molecule has 178 valence electrons. The number of carbonyl (C=O) groups excluding carboxylic acids is 2. The van der Waals surface area contributed by atoms with Crippen LogP contribution in [0.15, 0.2) is 42.5 Å². The van der Waals surface area contributed by atoms with Gasteiger partial charge in [-0.1, -0.05) is 24.3 Å². The fourth-order valence-electron chi connectivity index (χ4n) is 3.78. The van der Waals surface area contributed by atoms with Crippen molar-refractivity contribution in [3.05, 3.63) is 59.2 Å². The van der Waals surface area contributed by atoms with Crippen molar-refractivity contribution in [3.63, 3.8) is 0 Å². The quantitative estimate of drug-likeness (QED) is 0.636. The maximum Gasteiger partial charge on any atom is 0.256 e. The van der Waals surface area contributed by atoms with Crippen molar-refractivity contribution in [2.24, 2.45) is 0 Å². The van der Waals surface area contributed by atoms with E-state index < -0.39 is 10.0 Å². The van der Waals surface area contributed by atoms with Gasteiger partial charge in [0, 0.05) is 26.1 Å². The van der Waals surface area contributed by atoms with Crippen LogP contribution >= 0.6 is 0 Å². The molecule has 3 rings (SSSR count). The SMILES string of the molecule is Cc1cccc(N(CCCC(=O)Nc2ccccc2C(=O)N2CCOCC2)S(C)(=O)=O)c1C. The largest absolute Gasteiger partial charge is 0.378 e. The molecule has 0 unspecified atom stereocenters. The van der Waals surface area contributed by atoms with E-state index >= 15 is 0 Å². The molecule has 0 atom stereocenters. The zero-order valence-electron chi connectivity index (χ0n) is 19.3. The number of aryl methyl sites for hydroxylation is 1. The summed E-state index contributed by atoms with van der Waals surface area (Å²) in [6.45, 7) is 6.03. The first-order valence-corrected chi connectivity index (χ1v) is 12.8. The van der Waals surface area contributed by atoms with E-state index in [4.69, 9.17) is 4.74 Å². The molecule has 1 saturated heterocycles. The summed E-state index contributed by atoms with van der Waals surface area (Å²) in [6, 6.07) is 12.4. The number of hydrogen-bond acceptors (Lipinski definition) is 5. The molecular weight excluding hydrogens is 442 g/mol. The highest BCUT2D eigenvalue weighted by Crippen LogP contribution is 2.25. The lowest BCUT2D eigenvalue weighted by molar-refractivity contribution is -0.116. The van der Waals surface area contributed by atoms with Crippen molar-refractivity contribution in [2.75, 3.05) is 48.7 Å². The minimum absolute atomic E-state index is 0.122. The molecule has 2 aromatic rings. The Kier molecular flexibility index (Phi) is 8.10. The van der Waals surface area contributed by atoms with Gasteiger partial charge in [0.15, 0.2) is 0 Å². The van der Waals surface area contributed by atoms with E-state index in [0.29, 0.717) is 49.7 Å². The summed E-state index contributed by atoms with van der Waals surface area (Å²) in [7, 11) is -3.50. The number of nitrogens with zero attached hydrogens (tertiary/aromatic N) is 2. The third-order valence-corrected chi connectivity index (χ3v) is 6.92. The highest BCUT2D eigenvalue weighted by molar-refractivity contribution is 7.92. The van der Waals surface area contributed by atoms with Crippen LogP contribution in [0.1, 0.15) is 34.3 Å². The molecule has 1 aliphatic heterocycles. The molecule has 2 aromatic carbocycles. The van der Waals surface area contributed by atoms with Crippen LogP contribution in [0, 0.1) is 13.8 Å². The van der Waals surface area contributed by atoms with Crippen molar-refractivity contribution in [2.45, 2.75) is 26.7 Å². The Morgan fingerprint density at radius 1 is 1.06 bits per heavy atom. The summed E-state index contributed by atoms with van der Waals surface area (Å²) in [6.07, 6.45) is 1.63. The number of anilines is 2. The van der Waals surface area contributed by atoms with E-state index in [-0.39, 0.29) is 24.8 Å². The maximum atomic E-state index is 12.9. The first kappa shape index (κ1) is 24.7. The van der Waals surface area contributed by atoms with E-state index in [1.807, 2.05) is 26.0 Å².